The molecule has 1 aromatic heterocycles. The van der Waals surface area contributed by atoms with Crippen molar-refractivity contribution in [1.29, 1.82) is 0 Å². The van der Waals surface area contributed by atoms with Crippen LogP contribution in [0.25, 0.3) is 11.1 Å². The highest BCUT2D eigenvalue weighted by Crippen LogP contribution is 2.40. The van der Waals surface area contributed by atoms with E-state index in [1.807, 2.05) is 71.0 Å². The number of methoxy groups -OCH3 is 1. The summed E-state index contributed by atoms with van der Waals surface area (Å²) in [4.78, 5) is 26.2. The zero-order valence-corrected chi connectivity index (χ0v) is 19.5. The highest BCUT2D eigenvalue weighted by atomic mass is 32.1. The molecule has 0 aliphatic carbocycles. The first-order valence-electron chi connectivity index (χ1n) is 10.0. The minimum Gasteiger partial charge on any atom is -0.483 e. The Labute approximate surface area is 187 Å². The van der Waals surface area contributed by atoms with Crippen molar-refractivity contribution in [3.8, 4) is 16.9 Å². The number of aryl methyl sites for hydroxylation is 4. The van der Waals surface area contributed by atoms with Crippen molar-refractivity contribution in [2.75, 3.05) is 19.0 Å². The molecule has 0 bridgehead atoms. The molecular formula is C25H27NO4S. The Morgan fingerprint density at radius 2 is 1.71 bits per heavy atom. The Morgan fingerprint density at radius 1 is 0.968 bits per heavy atom. The van der Waals surface area contributed by atoms with Crippen molar-refractivity contribution in [2.24, 2.45) is 0 Å². The number of anilines is 1. The van der Waals surface area contributed by atoms with Crippen LogP contribution in [0.15, 0.2) is 36.4 Å². The Bertz CT molecular complexity index is 1150. The second-order valence-electron chi connectivity index (χ2n) is 7.56. The minimum absolute atomic E-state index is 0.152. The van der Waals surface area contributed by atoms with Crippen molar-refractivity contribution in [1.82, 2.24) is 0 Å². The smallest absolute Gasteiger partial charge is 0.341 e. The summed E-state index contributed by atoms with van der Waals surface area (Å²) in [6.45, 7) is 9.81. The number of hydrogen-bond acceptors (Lipinski definition) is 5. The molecule has 0 atom stereocenters. The molecule has 1 amide bonds. The number of esters is 1. The van der Waals surface area contributed by atoms with Crippen molar-refractivity contribution in [2.45, 2.75) is 34.6 Å². The molecule has 31 heavy (non-hydrogen) atoms. The molecular weight excluding hydrogens is 410 g/mol. The molecule has 0 saturated carbocycles. The fourth-order valence-corrected chi connectivity index (χ4v) is 4.44. The molecule has 0 saturated heterocycles. The third kappa shape index (κ3) is 4.80. The number of carbonyl (C=O) groups excluding carboxylic acids is 2. The maximum Gasteiger partial charge on any atom is 0.341 e. The number of benzene rings is 2. The fraction of sp³-hybridized carbons (Fsp3) is 0.280. The lowest BCUT2D eigenvalue weighted by molar-refractivity contribution is -0.118. The first kappa shape index (κ1) is 22.6. The Balaban J connectivity index is 1.88. The van der Waals surface area contributed by atoms with E-state index >= 15 is 0 Å². The number of hydrogen-bond donors (Lipinski definition) is 1. The van der Waals surface area contributed by atoms with Gasteiger partial charge in [-0.2, -0.15) is 0 Å². The second-order valence-corrected chi connectivity index (χ2v) is 8.79. The zero-order valence-electron chi connectivity index (χ0n) is 18.7. The van der Waals surface area contributed by atoms with Crippen LogP contribution in [0.1, 0.15) is 37.5 Å². The van der Waals surface area contributed by atoms with Crippen LogP contribution in [0.3, 0.4) is 0 Å². The van der Waals surface area contributed by atoms with Gasteiger partial charge in [-0.15, -0.1) is 11.3 Å². The van der Waals surface area contributed by atoms with Gasteiger partial charge in [0.2, 0.25) is 0 Å². The molecule has 1 N–H and O–H groups in total. The van der Waals surface area contributed by atoms with E-state index in [9.17, 15) is 9.59 Å². The molecule has 0 radical (unpaired) electrons. The third-order valence-electron chi connectivity index (χ3n) is 5.44. The predicted octanol–water partition coefficient (Wildman–Crippen LogP) is 5.76. The van der Waals surface area contributed by atoms with E-state index in [2.05, 4.69) is 5.32 Å². The van der Waals surface area contributed by atoms with Gasteiger partial charge in [0.05, 0.1) is 7.11 Å². The van der Waals surface area contributed by atoms with Gasteiger partial charge in [0.1, 0.15) is 16.3 Å². The number of rotatable bonds is 6. The van der Waals surface area contributed by atoms with Gasteiger partial charge in [-0.3, -0.25) is 4.79 Å². The Kier molecular flexibility index (Phi) is 6.81. The van der Waals surface area contributed by atoms with Gasteiger partial charge in [0, 0.05) is 10.4 Å². The first-order valence-corrected chi connectivity index (χ1v) is 10.8. The standard InChI is InChI=1S/C25H27NO4S/c1-14-10-11-19(12-16(14)3)22-18(5)31-24(23(22)25(28)29-6)26-21(27)13-30-20-9-7-8-15(2)17(20)4/h7-12H,13H2,1-6H3,(H,26,27). The van der Waals surface area contributed by atoms with Gasteiger partial charge < -0.3 is 14.8 Å². The van der Waals surface area contributed by atoms with Crippen LogP contribution in [0.5, 0.6) is 5.75 Å². The third-order valence-corrected chi connectivity index (χ3v) is 6.46. The molecule has 5 nitrogen and oxygen atoms in total. The average molecular weight is 438 g/mol. The number of thiophene rings is 1. The molecule has 1 heterocycles. The number of amides is 1. The number of carbonyl (C=O) groups is 2. The van der Waals surface area contributed by atoms with Crippen LogP contribution < -0.4 is 10.1 Å². The largest absolute Gasteiger partial charge is 0.483 e. The number of ether oxygens (including phenoxy) is 2. The lowest BCUT2D eigenvalue weighted by Crippen LogP contribution is -2.21. The molecule has 0 aliphatic rings. The highest BCUT2D eigenvalue weighted by molar-refractivity contribution is 7.17. The summed E-state index contributed by atoms with van der Waals surface area (Å²) >= 11 is 1.36. The van der Waals surface area contributed by atoms with Gasteiger partial charge in [-0.25, -0.2) is 4.79 Å². The van der Waals surface area contributed by atoms with Gasteiger partial charge in [-0.05, 0) is 68.5 Å². The minimum atomic E-state index is -0.483. The molecule has 2 aromatic carbocycles. The first-order chi connectivity index (χ1) is 14.7. The lowest BCUT2D eigenvalue weighted by atomic mass is 9.97. The quantitative estimate of drug-likeness (QED) is 0.498. The van der Waals surface area contributed by atoms with E-state index in [1.165, 1.54) is 24.0 Å². The topological polar surface area (TPSA) is 64.6 Å². The summed E-state index contributed by atoms with van der Waals surface area (Å²) in [7, 11) is 1.34. The maximum atomic E-state index is 12.6. The van der Waals surface area contributed by atoms with Crippen LogP contribution in [0.2, 0.25) is 0 Å². The second kappa shape index (κ2) is 9.35. The van der Waals surface area contributed by atoms with Gasteiger partial charge in [0.25, 0.3) is 5.91 Å². The van der Waals surface area contributed by atoms with E-state index in [0.717, 1.165) is 32.7 Å². The molecule has 0 fully saturated rings. The molecule has 162 valence electrons. The molecule has 0 aliphatic heterocycles. The SMILES string of the molecule is COC(=O)c1c(NC(=O)COc2cccc(C)c2C)sc(C)c1-c1ccc(C)c(C)c1. The monoisotopic (exact) mass is 437 g/mol. The molecule has 0 unspecified atom stereocenters. The molecule has 3 aromatic rings. The zero-order chi connectivity index (χ0) is 22.7. The van der Waals surface area contributed by atoms with E-state index in [1.54, 1.807) is 0 Å². The summed E-state index contributed by atoms with van der Waals surface area (Å²) in [5.74, 6) is -0.149. The van der Waals surface area contributed by atoms with Crippen LogP contribution >= 0.6 is 11.3 Å². The molecule has 0 spiro atoms. The van der Waals surface area contributed by atoms with Crippen molar-refractivity contribution in [3.63, 3.8) is 0 Å². The molecule has 3 rings (SSSR count). The van der Waals surface area contributed by atoms with Crippen LogP contribution in [0.4, 0.5) is 5.00 Å². The van der Waals surface area contributed by atoms with E-state index in [0.29, 0.717) is 16.3 Å². The number of nitrogens with one attached hydrogen (secondary N) is 1. The average Bonchev–Trinajstić information content (AvgIpc) is 3.06. The van der Waals surface area contributed by atoms with Crippen molar-refractivity contribution >= 4 is 28.2 Å². The van der Waals surface area contributed by atoms with Crippen molar-refractivity contribution < 1.29 is 19.1 Å². The van der Waals surface area contributed by atoms with Crippen LogP contribution in [0, 0.1) is 34.6 Å². The van der Waals surface area contributed by atoms with E-state index in [4.69, 9.17) is 9.47 Å². The van der Waals surface area contributed by atoms with Crippen molar-refractivity contribution in [3.05, 3.63) is 69.1 Å². The molecule has 6 heteroatoms. The van der Waals surface area contributed by atoms with Gasteiger partial charge in [0.15, 0.2) is 6.61 Å². The van der Waals surface area contributed by atoms with Gasteiger partial charge in [-0.1, -0.05) is 30.3 Å². The fourth-order valence-electron chi connectivity index (χ4n) is 3.36. The van der Waals surface area contributed by atoms with Gasteiger partial charge >= 0.3 is 5.97 Å². The van der Waals surface area contributed by atoms with E-state index in [-0.39, 0.29) is 12.5 Å². The summed E-state index contributed by atoms with van der Waals surface area (Å²) in [5, 5.41) is 3.31. The summed E-state index contributed by atoms with van der Waals surface area (Å²) in [5.41, 5.74) is 6.47. The Morgan fingerprint density at radius 3 is 2.39 bits per heavy atom. The van der Waals surface area contributed by atoms with E-state index < -0.39 is 5.97 Å². The Hall–Kier alpha value is -3.12. The lowest BCUT2D eigenvalue weighted by Gasteiger charge is -2.12. The normalized spacial score (nSPS) is 10.6. The van der Waals surface area contributed by atoms with Crippen LogP contribution in [-0.2, 0) is 9.53 Å². The predicted molar refractivity (Wildman–Crippen MR) is 125 cm³/mol. The van der Waals surface area contributed by atoms with Crippen LogP contribution in [-0.4, -0.2) is 25.6 Å². The summed E-state index contributed by atoms with van der Waals surface area (Å²) in [6.07, 6.45) is 0. The highest BCUT2D eigenvalue weighted by Gasteiger charge is 2.25. The summed E-state index contributed by atoms with van der Waals surface area (Å²) < 4.78 is 10.7. The maximum absolute atomic E-state index is 12.6. The summed E-state index contributed by atoms with van der Waals surface area (Å²) in [6, 6.07) is 11.8.